The minimum atomic E-state index is -0.0320. The van der Waals surface area contributed by atoms with Crippen LogP contribution >= 0.6 is 0 Å². The topological polar surface area (TPSA) is 44.1 Å². The smallest absolute Gasteiger partial charge is 0.224 e. The number of carbonyl (C=O) groups is 1. The van der Waals surface area contributed by atoms with Crippen LogP contribution in [-0.4, -0.2) is 16.8 Å². The number of unbranched alkanes of at least 4 members (excludes halogenated alkanes) is 1. The number of amides is 1. The first kappa shape index (κ1) is 15.3. The molecule has 2 unspecified atom stereocenters. The molecule has 0 saturated heterocycles. The van der Waals surface area contributed by atoms with Gasteiger partial charge < -0.3 is 4.90 Å². The van der Waals surface area contributed by atoms with Crippen LogP contribution in [0.4, 0.5) is 0 Å². The van der Waals surface area contributed by atoms with Crippen molar-refractivity contribution in [2.75, 3.05) is 0 Å². The van der Waals surface area contributed by atoms with Gasteiger partial charge >= 0.3 is 0 Å². The van der Waals surface area contributed by atoms with Gasteiger partial charge in [0.15, 0.2) is 0 Å². The Labute approximate surface area is 126 Å². The van der Waals surface area contributed by atoms with Crippen LogP contribution in [0.1, 0.15) is 51.0 Å². The Morgan fingerprint density at radius 2 is 2.10 bits per heavy atom. The van der Waals surface area contributed by atoms with Gasteiger partial charge in [-0.05, 0) is 24.5 Å². The van der Waals surface area contributed by atoms with E-state index < -0.39 is 0 Å². The normalized spacial score (nSPS) is 21.6. The first-order valence-corrected chi connectivity index (χ1v) is 7.64. The van der Waals surface area contributed by atoms with Crippen LogP contribution < -0.4 is 0 Å². The zero-order chi connectivity index (χ0) is 15.2. The maximum atomic E-state index is 11.9. The molecule has 0 fully saturated rings. The number of rotatable bonds is 4. The van der Waals surface area contributed by atoms with Crippen molar-refractivity contribution in [2.45, 2.75) is 51.5 Å². The van der Waals surface area contributed by atoms with Crippen molar-refractivity contribution in [3.05, 3.63) is 47.7 Å². The van der Waals surface area contributed by atoms with Crippen LogP contribution in [-0.2, 0) is 4.79 Å². The largest absolute Gasteiger partial charge is 0.301 e. The van der Waals surface area contributed by atoms with E-state index in [4.69, 9.17) is 0 Å². The van der Waals surface area contributed by atoms with Crippen molar-refractivity contribution in [1.82, 2.24) is 4.90 Å². The minimum Gasteiger partial charge on any atom is -0.301 e. The number of nitriles is 1. The summed E-state index contributed by atoms with van der Waals surface area (Å²) in [6.45, 7) is 3.70. The first-order valence-electron chi connectivity index (χ1n) is 7.64. The van der Waals surface area contributed by atoms with Crippen LogP contribution in [0.3, 0.4) is 0 Å². The molecule has 0 aliphatic carbocycles. The fourth-order valence-electron chi connectivity index (χ4n) is 3.07. The summed E-state index contributed by atoms with van der Waals surface area (Å²) in [5.74, 6) is 0.189. The lowest BCUT2D eigenvalue weighted by Crippen LogP contribution is -2.41. The third-order valence-corrected chi connectivity index (χ3v) is 4.08. The molecule has 1 aliphatic heterocycles. The van der Waals surface area contributed by atoms with Crippen LogP contribution in [0.15, 0.2) is 42.1 Å². The van der Waals surface area contributed by atoms with E-state index in [9.17, 15) is 10.1 Å². The van der Waals surface area contributed by atoms with Gasteiger partial charge in [-0.1, -0.05) is 50.1 Å². The molecule has 0 radical (unpaired) electrons. The molecule has 0 N–H and O–H groups in total. The molecule has 1 aromatic rings. The molecular weight excluding hydrogens is 260 g/mol. The summed E-state index contributed by atoms with van der Waals surface area (Å²) >= 11 is 0. The quantitative estimate of drug-likeness (QED) is 0.838. The summed E-state index contributed by atoms with van der Waals surface area (Å²) in [5, 5.41) is 9.41. The van der Waals surface area contributed by atoms with Gasteiger partial charge in [0.2, 0.25) is 5.91 Å². The molecule has 0 aromatic heterocycles. The maximum absolute atomic E-state index is 11.9. The van der Waals surface area contributed by atoms with E-state index in [0.717, 1.165) is 25.7 Å². The fourth-order valence-corrected chi connectivity index (χ4v) is 3.07. The standard InChI is InChI=1S/C18H22N2O/c1-3-4-10-17-11-16(15-8-6-5-7-9-15)12-18(13-19)20(17)14(2)21/h5-9,12,16-17H,3-4,10-11H2,1-2H3. The predicted molar refractivity (Wildman–Crippen MR) is 83.3 cm³/mol. The van der Waals surface area contributed by atoms with Gasteiger partial charge in [0, 0.05) is 18.9 Å². The number of hydrogen-bond donors (Lipinski definition) is 0. The van der Waals surface area contributed by atoms with Crippen molar-refractivity contribution < 1.29 is 4.79 Å². The second kappa shape index (κ2) is 7.08. The lowest BCUT2D eigenvalue weighted by Gasteiger charge is -2.37. The van der Waals surface area contributed by atoms with Crippen molar-refractivity contribution in [1.29, 1.82) is 5.26 Å². The third kappa shape index (κ3) is 3.52. The van der Waals surface area contributed by atoms with E-state index in [1.807, 2.05) is 24.3 Å². The molecule has 1 heterocycles. The van der Waals surface area contributed by atoms with Gasteiger partial charge in [-0.15, -0.1) is 0 Å². The Bertz CT molecular complexity index is 556. The lowest BCUT2D eigenvalue weighted by molar-refractivity contribution is -0.129. The summed E-state index contributed by atoms with van der Waals surface area (Å²) in [5.41, 5.74) is 1.72. The average molecular weight is 282 g/mol. The van der Waals surface area contributed by atoms with E-state index in [1.54, 1.807) is 11.8 Å². The lowest BCUT2D eigenvalue weighted by atomic mass is 9.85. The minimum absolute atomic E-state index is 0.0320. The number of hydrogen-bond acceptors (Lipinski definition) is 2. The molecule has 0 spiro atoms. The molecule has 110 valence electrons. The highest BCUT2D eigenvalue weighted by Crippen LogP contribution is 2.34. The SMILES string of the molecule is CCCCC1CC(c2ccccc2)C=C(C#N)N1C(C)=O. The summed E-state index contributed by atoms with van der Waals surface area (Å²) in [6.07, 6.45) is 5.98. The van der Waals surface area contributed by atoms with Gasteiger partial charge in [0.05, 0.1) is 0 Å². The molecule has 1 aliphatic rings. The average Bonchev–Trinajstić information content (AvgIpc) is 2.52. The Morgan fingerprint density at radius 3 is 2.67 bits per heavy atom. The fraction of sp³-hybridized carbons (Fsp3) is 0.444. The van der Waals surface area contributed by atoms with Crippen molar-refractivity contribution in [2.24, 2.45) is 0 Å². The monoisotopic (exact) mass is 282 g/mol. The molecule has 2 rings (SSSR count). The number of benzene rings is 1. The second-order valence-corrected chi connectivity index (χ2v) is 5.60. The molecule has 0 saturated carbocycles. The molecule has 2 atom stereocenters. The summed E-state index contributed by atoms with van der Waals surface area (Å²) in [4.78, 5) is 13.6. The Balaban J connectivity index is 2.32. The zero-order valence-corrected chi connectivity index (χ0v) is 12.7. The van der Waals surface area contributed by atoms with Crippen LogP contribution in [0.2, 0.25) is 0 Å². The third-order valence-electron chi connectivity index (χ3n) is 4.08. The van der Waals surface area contributed by atoms with Gasteiger partial charge in [0.25, 0.3) is 0 Å². The first-order chi connectivity index (χ1) is 10.2. The van der Waals surface area contributed by atoms with Gasteiger partial charge in [0.1, 0.15) is 11.8 Å². The molecule has 21 heavy (non-hydrogen) atoms. The molecular formula is C18H22N2O. The van der Waals surface area contributed by atoms with Crippen LogP contribution in [0.5, 0.6) is 0 Å². The summed E-state index contributed by atoms with van der Waals surface area (Å²) in [6, 6.07) is 12.6. The van der Waals surface area contributed by atoms with Crippen molar-refractivity contribution >= 4 is 5.91 Å². The van der Waals surface area contributed by atoms with Gasteiger partial charge in [-0.3, -0.25) is 4.79 Å². The maximum Gasteiger partial charge on any atom is 0.224 e. The predicted octanol–water partition coefficient (Wildman–Crippen LogP) is 3.99. The van der Waals surface area contributed by atoms with E-state index >= 15 is 0 Å². The highest BCUT2D eigenvalue weighted by Gasteiger charge is 2.31. The summed E-state index contributed by atoms with van der Waals surface area (Å²) < 4.78 is 0. The highest BCUT2D eigenvalue weighted by atomic mass is 16.2. The number of nitrogens with zero attached hydrogens (tertiary/aromatic N) is 2. The molecule has 0 bridgehead atoms. The van der Waals surface area contributed by atoms with Gasteiger partial charge in [-0.2, -0.15) is 5.26 Å². The van der Waals surface area contributed by atoms with E-state index in [1.165, 1.54) is 5.56 Å². The molecule has 1 amide bonds. The van der Waals surface area contributed by atoms with E-state index in [2.05, 4.69) is 25.1 Å². The van der Waals surface area contributed by atoms with Crippen LogP contribution in [0.25, 0.3) is 0 Å². The molecule has 3 heteroatoms. The van der Waals surface area contributed by atoms with Crippen LogP contribution in [0, 0.1) is 11.3 Å². The zero-order valence-electron chi connectivity index (χ0n) is 12.7. The summed E-state index contributed by atoms with van der Waals surface area (Å²) in [7, 11) is 0. The van der Waals surface area contributed by atoms with Crippen molar-refractivity contribution in [3.63, 3.8) is 0 Å². The number of allylic oxidation sites excluding steroid dienone is 2. The van der Waals surface area contributed by atoms with Crippen molar-refractivity contribution in [3.8, 4) is 6.07 Å². The number of carbonyl (C=O) groups excluding carboxylic acids is 1. The van der Waals surface area contributed by atoms with E-state index in [0.29, 0.717) is 5.70 Å². The Kier molecular flexibility index (Phi) is 5.16. The second-order valence-electron chi connectivity index (χ2n) is 5.60. The highest BCUT2D eigenvalue weighted by molar-refractivity contribution is 5.77. The van der Waals surface area contributed by atoms with Gasteiger partial charge in [-0.25, -0.2) is 0 Å². The Hall–Kier alpha value is -2.08. The Morgan fingerprint density at radius 1 is 1.38 bits per heavy atom. The molecule has 1 aromatic carbocycles. The molecule has 3 nitrogen and oxygen atoms in total. The van der Waals surface area contributed by atoms with E-state index in [-0.39, 0.29) is 17.9 Å².